The van der Waals surface area contributed by atoms with Crippen LogP contribution >= 0.6 is 27.7 Å². The van der Waals surface area contributed by atoms with Crippen molar-refractivity contribution in [1.82, 2.24) is 0 Å². The van der Waals surface area contributed by atoms with Crippen molar-refractivity contribution in [3.63, 3.8) is 0 Å². The van der Waals surface area contributed by atoms with Gasteiger partial charge < -0.3 is 4.74 Å². The van der Waals surface area contributed by atoms with Gasteiger partial charge in [-0.1, -0.05) is 0 Å². The topological polar surface area (TPSA) is 9.23 Å². The molecule has 1 rings (SSSR count). The molecule has 0 amide bonds. The van der Waals surface area contributed by atoms with Gasteiger partial charge in [0.25, 0.3) is 0 Å². The van der Waals surface area contributed by atoms with Crippen molar-refractivity contribution in [2.45, 2.75) is 5.75 Å². The fourth-order valence-corrected chi connectivity index (χ4v) is 2.29. The van der Waals surface area contributed by atoms with Crippen molar-refractivity contribution in [3.8, 4) is 0 Å². The van der Waals surface area contributed by atoms with Crippen LogP contribution in [0.4, 0.5) is 8.78 Å². The summed E-state index contributed by atoms with van der Waals surface area (Å²) >= 11 is 4.47. The Morgan fingerprint density at radius 2 is 2.13 bits per heavy atom. The van der Waals surface area contributed by atoms with Crippen LogP contribution in [0.15, 0.2) is 16.6 Å². The summed E-state index contributed by atoms with van der Waals surface area (Å²) in [4.78, 5) is 0. The number of rotatable bonds is 5. The zero-order valence-electron chi connectivity index (χ0n) is 8.23. The van der Waals surface area contributed by atoms with Crippen LogP contribution in [0, 0.1) is 11.6 Å². The van der Waals surface area contributed by atoms with Gasteiger partial charge >= 0.3 is 0 Å². The molecule has 84 valence electrons. The Morgan fingerprint density at radius 1 is 1.40 bits per heavy atom. The lowest BCUT2D eigenvalue weighted by Crippen LogP contribution is -1.97. The van der Waals surface area contributed by atoms with Gasteiger partial charge in [-0.2, -0.15) is 11.8 Å². The molecule has 0 radical (unpaired) electrons. The molecular weight excluding hydrogens is 286 g/mol. The monoisotopic (exact) mass is 296 g/mol. The number of halogens is 3. The van der Waals surface area contributed by atoms with Gasteiger partial charge in [-0.3, -0.25) is 0 Å². The molecule has 0 saturated carbocycles. The molecule has 0 atom stereocenters. The first-order valence-electron chi connectivity index (χ1n) is 4.36. The maximum absolute atomic E-state index is 13.4. The zero-order chi connectivity index (χ0) is 11.3. The molecule has 1 aromatic rings. The van der Waals surface area contributed by atoms with Crippen LogP contribution in [0.5, 0.6) is 0 Å². The van der Waals surface area contributed by atoms with E-state index in [0.717, 1.165) is 5.75 Å². The van der Waals surface area contributed by atoms with Gasteiger partial charge in [0.15, 0.2) is 0 Å². The minimum absolute atomic E-state index is 0.116. The Labute approximate surface area is 100 Å². The average Bonchev–Trinajstić information content (AvgIpc) is 2.23. The van der Waals surface area contributed by atoms with E-state index in [1.165, 1.54) is 23.9 Å². The van der Waals surface area contributed by atoms with Crippen molar-refractivity contribution in [2.24, 2.45) is 0 Å². The van der Waals surface area contributed by atoms with Crippen LogP contribution in [0.1, 0.15) is 5.56 Å². The first kappa shape index (κ1) is 12.9. The lowest BCUT2D eigenvalue weighted by molar-refractivity contribution is 0.218. The SMILES string of the molecule is COCCSCc1c(F)ccc(Br)c1F. The molecule has 1 nitrogen and oxygen atoms in total. The second-order valence-corrected chi connectivity index (χ2v) is 4.83. The van der Waals surface area contributed by atoms with Crippen LogP contribution in [-0.2, 0) is 10.5 Å². The Bertz CT molecular complexity index is 333. The number of methoxy groups -OCH3 is 1. The Balaban J connectivity index is 2.63. The molecule has 0 heterocycles. The first-order valence-corrected chi connectivity index (χ1v) is 6.30. The van der Waals surface area contributed by atoms with E-state index in [-0.39, 0.29) is 5.56 Å². The van der Waals surface area contributed by atoms with Crippen molar-refractivity contribution in [2.75, 3.05) is 19.5 Å². The predicted molar refractivity (Wildman–Crippen MR) is 62.1 cm³/mol. The van der Waals surface area contributed by atoms with Crippen LogP contribution in [0.2, 0.25) is 0 Å². The molecule has 0 aliphatic heterocycles. The van der Waals surface area contributed by atoms with E-state index in [1.54, 1.807) is 7.11 Å². The molecule has 0 N–H and O–H groups in total. The normalized spacial score (nSPS) is 10.7. The number of benzene rings is 1. The van der Waals surface area contributed by atoms with E-state index in [4.69, 9.17) is 4.74 Å². The molecule has 15 heavy (non-hydrogen) atoms. The lowest BCUT2D eigenvalue weighted by atomic mass is 10.2. The van der Waals surface area contributed by atoms with Crippen LogP contribution < -0.4 is 0 Å². The number of ether oxygens (including phenoxy) is 1. The van der Waals surface area contributed by atoms with E-state index in [0.29, 0.717) is 16.8 Å². The highest BCUT2D eigenvalue weighted by Gasteiger charge is 2.11. The van der Waals surface area contributed by atoms with Crippen molar-refractivity contribution >= 4 is 27.7 Å². The quantitative estimate of drug-likeness (QED) is 0.606. The van der Waals surface area contributed by atoms with Gasteiger partial charge in [0.05, 0.1) is 11.1 Å². The summed E-state index contributed by atoms with van der Waals surface area (Å²) in [5.41, 5.74) is 0.116. The Kier molecular flexibility index (Phi) is 5.56. The summed E-state index contributed by atoms with van der Waals surface area (Å²) in [7, 11) is 1.60. The highest BCUT2D eigenvalue weighted by Crippen LogP contribution is 2.24. The van der Waals surface area contributed by atoms with Gasteiger partial charge in [-0.25, -0.2) is 8.78 Å². The summed E-state index contributed by atoms with van der Waals surface area (Å²) in [6, 6.07) is 2.63. The Morgan fingerprint density at radius 3 is 2.80 bits per heavy atom. The van der Waals surface area contributed by atoms with Gasteiger partial charge in [0.2, 0.25) is 0 Å². The van der Waals surface area contributed by atoms with E-state index < -0.39 is 11.6 Å². The maximum atomic E-state index is 13.4. The minimum atomic E-state index is -0.514. The van der Waals surface area contributed by atoms with E-state index in [9.17, 15) is 8.78 Å². The molecule has 0 aliphatic carbocycles. The van der Waals surface area contributed by atoms with Gasteiger partial charge in [-0.15, -0.1) is 0 Å². The molecule has 5 heteroatoms. The second kappa shape index (κ2) is 6.45. The number of thioether (sulfide) groups is 1. The average molecular weight is 297 g/mol. The molecule has 0 unspecified atom stereocenters. The molecule has 0 bridgehead atoms. The molecule has 0 fully saturated rings. The molecule has 0 aromatic heterocycles. The van der Waals surface area contributed by atoms with Crippen LogP contribution in [0.3, 0.4) is 0 Å². The van der Waals surface area contributed by atoms with Crippen molar-refractivity contribution < 1.29 is 13.5 Å². The molecule has 0 spiro atoms. The summed E-state index contributed by atoms with van der Waals surface area (Å²) in [6.07, 6.45) is 0. The fraction of sp³-hybridized carbons (Fsp3) is 0.400. The molecular formula is C10H11BrF2OS. The minimum Gasteiger partial charge on any atom is -0.384 e. The highest BCUT2D eigenvalue weighted by molar-refractivity contribution is 9.10. The third-order valence-electron chi connectivity index (χ3n) is 1.82. The number of hydrogen-bond donors (Lipinski definition) is 0. The first-order chi connectivity index (χ1) is 7.16. The molecule has 0 saturated heterocycles. The smallest absolute Gasteiger partial charge is 0.144 e. The fourth-order valence-electron chi connectivity index (χ4n) is 1.02. The predicted octanol–water partition coefficient (Wildman–Crippen LogP) is 3.61. The van der Waals surface area contributed by atoms with E-state index in [1.807, 2.05) is 0 Å². The third-order valence-corrected chi connectivity index (χ3v) is 3.38. The van der Waals surface area contributed by atoms with Crippen molar-refractivity contribution in [3.05, 3.63) is 33.8 Å². The van der Waals surface area contributed by atoms with Crippen LogP contribution in [0.25, 0.3) is 0 Å². The summed E-state index contributed by atoms with van der Waals surface area (Å²) < 4.78 is 31.8. The van der Waals surface area contributed by atoms with Gasteiger partial charge in [0.1, 0.15) is 11.6 Å². The zero-order valence-corrected chi connectivity index (χ0v) is 10.6. The molecule has 1 aromatic carbocycles. The second-order valence-electron chi connectivity index (χ2n) is 2.87. The highest BCUT2D eigenvalue weighted by atomic mass is 79.9. The van der Waals surface area contributed by atoms with Crippen LogP contribution in [-0.4, -0.2) is 19.5 Å². The summed E-state index contributed by atoms with van der Waals surface area (Å²) in [6.45, 7) is 0.585. The van der Waals surface area contributed by atoms with Crippen molar-refractivity contribution in [1.29, 1.82) is 0 Å². The largest absolute Gasteiger partial charge is 0.384 e. The van der Waals surface area contributed by atoms with E-state index >= 15 is 0 Å². The van der Waals surface area contributed by atoms with Gasteiger partial charge in [-0.05, 0) is 28.1 Å². The summed E-state index contributed by atoms with van der Waals surface area (Å²) in [5.74, 6) is 0.0306. The van der Waals surface area contributed by atoms with E-state index in [2.05, 4.69) is 15.9 Å². The maximum Gasteiger partial charge on any atom is 0.144 e. The summed E-state index contributed by atoms with van der Waals surface area (Å²) in [5, 5.41) is 0. The Hall–Kier alpha value is -0.130. The lowest BCUT2D eigenvalue weighted by Gasteiger charge is -2.06. The molecule has 0 aliphatic rings. The van der Waals surface area contributed by atoms with Gasteiger partial charge in [0, 0.05) is 24.2 Å². The number of hydrogen-bond acceptors (Lipinski definition) is 2. The third kappa shape index (κ3) is 3.74. The standard InChI is InChI=1S/C10H11BrF2OS/c1-14-4-5-15-6-7-9(12)3-2-8(11)10(7)13/h2-3H,4-6H2,1H3.